The number of aryl methyl sites for hydroxylation is 2. The average Bonchev–Trinajstić information content (AvgIpc) is 3.00. The summed E-state index contributed by atoms with van der Waals surface area (Å²) in [6.07, 6.45) is 1.09. The molecule has 0 saturated carbocycles. The second kappa shape index (κ2) is 14.9. The van der Waals surface area contributed by atoms with E-state index in [0.717, 1.165) is 27.4 Å². The van der Waals surface area contributed by atoms with Crippen molar-refractivity contribution in [3.05, 3.63) is 83.4 Å². The molecule has 0 radical (unpaired) electrons. The molecular weight excluding hydrogens is 566 g/mol. The van der Waals surface area contributed by atoms with Crippen molar-refractivity contribution in [3.8, 4) is 11.5 Å². The van der Waals surface area contributed by atoms with Gasteiger partial charge in [0.2, 0.25) is 11.8 Å². The van der Waals surface area contributed by atoms with Crippen molar-refractivity contribution in [2.45, 2.75) is 71.0 Å². The zero-order valence-corrected chi connectivity index (χ0v) is 26.9. The Morgan fingerprint density at radius 1 is 0.884 bits per heavy atom. The summed E-state index contributed by atoms with van der Waals surface area (Å²) in [6.45, 7) is 9.20. The molecule has 0 fully saturated rings. The molecule has 3 aromatic rings. The molecule has 0 spiro atoms. The number of hydrogen-bond donors (Lipinski definition) is 1. The fraction of sp³-hybridized carbons (Fsp3) is 0.394. The normalized spacial score (nSPS) is 12.6. The van der Waals surface area contributed by atoms with Crippen molar-refractivity contribution in [1.82, 2.24) is 10.2 Å². The summed E-state index contributed by atoms with van der Waals surface area (Å²) in [4.78, 5) is 29.1. The van der Waals surface area contributed by atoms with Crippen LogP contribution in [0, 0.1) is 13.8 Å². The number of sulfonamides is 1. The molecule has 0 saturated heterocycles. The first kappa shape index (κ1) is 33.5. The number of nitrogens with one attached hydrogen (secondary N) is 1. The van der Waals surface area contributed by atoms with Crippen molar-refractivity contribution < 1.29 is 27.5 Å². The van der Waals surface area contributed by atoms with Gasteiger partial charge in [0.1, 0.15) is 12.6 Å². The molecule has 0 aliphatic rings. The van der Waals surface area contributed by atoms with Crippen LogP contribution in [0.3, 0.4) is 0 Å². The Morgan fingerprint density at radius 2 is 1.53 bits per heavy atom. The smallest absolute Gasteiger partial charge is 0.264 e. The monoisotopic (exact) mass is 609 g/mol. The van der Waals surface area contributed by atoms with Gasteiger partial charge in [0.05, 0.1) is 24.8 Å². The van der Waals surface area contributed by atoms with Gasteiger partial charge in [-0.1, -0.05) is 55.8 Å². The van der Waals surface area contributed by atoms with Crippen LogP contribution in [0.15, 0.2) is 71.6 Å². The van der Waals surface area contributed by atoms with Crippen molar-refractivity contribution in [2.24, 2.45) is 0 Å². The molecule has 1 N–H and O–H groups in total. The van der Waals surface area contributed by atoms with Crippen LogP contribution in [0.2, 0.25) is 0 Å². The molecule has 3 rings (SSSR count). The Balaban J connectivity index is 2.10. The van der Waals surface area contributed by atoms with Gasteiger partial charge in [-0.25, -0.2) is 8.42 Å². The lowest BCUT2D eigenvalue weighted by molar-refractivity contribution is -0.140. The number of anilines is 1. The minimum atomic E-state index is -4.26. The van der Waals surface area contributed by atoms with E-state index in [0.29, 0.717) is 17.9 Å². The van der Waals surface area contributed by atoms with Gasteiger partial charge >= 0.3 is 0 Å². The molecule has 2 atom stereocenters. The van der Waals surface area contributed by atoms with E-state index in [-0.39, 0.29) is 29.1 Å². The van der Waals surface area contributed by atoms with Gasteiger partial charge in [-0.2, -0.15) is 0 Å². The van der Waals surface area contributed by atoms with Crippen molar-refractivity contribution >= 4 is 27.5 Å². The maximum absolute atomic E-state index is 14.3. The number of nitrogens with zero attached hydrogens (tertiary/aromatic N) is 2. The molecule has 0 aliphatic carbocycles. The highest BCUT2D eigenvalue weighted by Gasteiger charge is 2.34. The Bertz CT molecular complexity index is 1510. The number of carbonyl (C=O) groups excluding carboxylic acids is 2. The van der Waals surface area contributed by atoms with Crippen LogP contribution in [-0.2, 0) is 26.2 Å². The first-order valence-corrected chi connectivity index (χ1v) is 15.9. The van der Waals surface area contributed by atoms with Gasteiger partial charge in [0.25, 0.3) is 10.0 Å². The number of benzene rings is 3. The number of amides is 2. The summed E-state index contributed by atoms with van der Waals surface area (Å²) in [7, 11) is -1.37. The fourth-order valence-corrected chi connectivity index (χ4v) is 6.11. The molecule has 0 unspecified atom stereocenters. The van der Waals surface area contributed by atoms with Crippen LogP contribution in [-0.4, -0.2) is 58.0 Å². The highest BCUT2D eigenvalue weighted by atomic mass is 32.2. The summed E-state index contributed by atoms with van der Waals surface area (Å²) < 4.78 is 40.1. The van der Waals surface area contributed by atoms with Gasteiger partial charge in [0, 0.05) is 18.7 Å². The number of rotatable bonds is 14. The van der Waals surface area contributed by atoms with Gasteiger partial charge in [-0.3, -0.25) is 13.9 Å². The maximum Gasteiger partial charge on any atom is 0.264 e. The van der Waals surface area contributed by atoms with E-state index in [2.05, 4.69) is 5.32 Å². The molecule has 232 valence electrons. The molecule has 9 nitrogen and oxygen atoms in total. The molecule has 43 heavy (non-hydrogen) atoms. The standard InChI is InChI=1S/C33H43N3O6S/c1-8-25(5)34-33(38)29(9-2)35(21-26-13-11-10-12-24(26)4)32(37)22-36(27-16-14-23(3)15-17-27)43(39,40)28-18-19-30(41-6)31(20-28)42-7/h10-20,25,29H,8-9,21-22H2,1-7H3,(H,34,38)/t25-,29+/m0/s1. The Labute approximate surface area is 255 Å². The minimum Gasteiger partial charge on any atom is -0.493 e. The van der Waals surface area contributed by atoms with Crippen LogP contribution < -0.4 is 19.1 Å². The lowest BCUT2D eigenvalue weighted by Gasteiger charge is -2.34. The lowest BCUT2D eigenvalue weighted by atomic mass is 10.1. The van der Waals surface area contributed by atoms with E-state index in [9.17, 15) is 18.0 Å². The second-order valence-electron chi connectivity index (χ2n) is 10.6. The first-order chi connectivity index (χ1) is 20.5. The predicted molar refractivity (Wildman–Crippen MR) is 169 cm³/mol. The van der Waals surface area contributed by atoms with Crippen molar-refractivity contribution in [3.63, 3.8) is 0 Å². The third-order valence-electron chi connectivity index (χ3n) is 7.53. The molecular formula is C33H43N3O6S. The highest BCUT2D eigenvalue weighted by molar-refractivity contribution is 7.92. The number of methoxy groups -OCH3 is 2. The van der Waals surface area contributed by atoms with E-state index in [1.807, 2.05) is 58.9 Å². The zero-order valence-electron chi connectivity index (χ0n) is 26.1. The van der Waals surface area contributed by atoms with E-state index < -0.39 is 28.5 Å². The van der Waals surface area contributed by atoms with E-state index in [4.69, 9.17) is 9.47 Å². The van der Waals surface area contributed by atoms with Crippen molar-refractivity contribution in [1.29, 1.82) is 0 Å². The molecule has 3 aromatic carbocycles. The molecule has 0 heterocycles. The van der Waals surface area contributed by atoms with Gasteiger partial charge < -0.3 is 19.7 Å². The molecule has 0 aliphatic heterocycles. The van der Waals surface area contributed by atoms with Crippen molar-refractivity contribution in [2.75, 3.05) is 25.1 Å². The lowest BCUT2D eigenvalue weighted by Crippen LogP contribution is -2.53. The van der Waals surface area contributed by atoms with Gasteiger partial charge in [-0.05, 0) is 69.0 Å². The second-order valence-corrected chi connectivity index (χ2v) is 12.4. The Morgan fingerprint density at radius 3 is 2.12 bits per heavy atom. The van der Waals surface area contributed by atoms with E-state index in [1.165, 1.54) is 37.3 Å². The molecule has 0 aromatic heterocycles. The largest absolute Gasteiger partial charge is 0.493 e. The fourth-order valence-electron chi connectivity index (χ4n) is 4.68. The third kappa shape index (κ3) is 8.07. The average molecular weight is 610 g/mol. The quantitative estimate of drug-likeness (QED) is 0.268. The third-order valence-corrected chi connectivity index (χ3v) is 9.30. The van der Waals surface area contributed by atoms with Crippen LogP contribution in [0.25, 0.3) is 0 Å². The van der Waals surface area contributed by atoms with Gasteiger partial charge in [-0.15, -0.1) is 0 Å². The highest BCUT2D eigenvalue weighted by Crippen LogP contribution is 2.32. The maximum atomic E-state index is 14.3. The van der Waals surface area contributed by atoms with Crippen LogP contribution in [0.4, 0.5) is 5.69 Å². The Kier molecular flexibility index (Phi) is 11.6. The Hall–Kier alpha value is -4.05. The number of hydrogen-bond acceptors (Lipinski definition) is 6. The first-order valence-electron chi connectivity index (χ1n) is 14.4. The van der Waals surface area contributed by atoms with Crippen LogP contribution in [0.5, 0.6) is 11.5 Å². The zero-order chi connectivity index (χ0) is 31.7. The summed E-state index contributed by atoms with van der Waals surface area (Å²) in [6, 6.07) is 18.0. The minimum absolute atomic E-state index is 0.0643. The summed E-state index contributed by atoms with van der Waals surface area (Å²) in [5.41, 5.74) is 3.09. The summed E-state index contributed by atoms with van der Waals surface area (Å²) in [5, 5.41) is 3.00. The van der Waals surface area contributed by atoms with Crippen LogP contribution >= 0.6 is 0 Å². The molecule has 10 heteroatoms. The topological polar surface area (TPSA) is 105 Å². The summed E-state index contributed by atoms with van der Waals surface area (Å²) in [5.74, 6) is -0.155. The summed E-state index contributed by atoms with van der Waals surface area (Å²) >= 11 is 0. The van der Waals surface area contributed by atoms with E-state index >= 15 is 0 Å². The van der Waals surface area contributed by atoms with Gasteiger partial charge in [0.15, 0.2) is 11.5 Å². The number of carbonyl (C=O) groups is 2. The number of ether oxygens (including phenoxy) is 2. The van der Waals surface area contributed by atoms with Crippen LogP contribution in [0.1, 0.15) is 50.3 Å². The van der Waals surface area contributed by atoms with E-state index in [1.54, 1.807) is 24.3 Å². The molecule has 2 amide bonds. The predicted octanol–water partition coefficient (Wildman–Crippen LogP) is 5.24. The SMILES string of the molecule is CC[C@H](C(=O)N[C@@H](C)CC)N(Cc1ccccc1C)C(=O)CN(c1ccc(C)cc1)S(=O)(=O)c1ccc(OC)c(OC)c1. The molecule has 0 bridgehead atoms.